The molecule has 2 N–H and O–H groups in total. The Labute approximate surface area is 114 Å². The Morgan fingerprint density at radius 3 is 2.58 bits per heavy atom. The fraction of sp³-hybridized carbons (Fsp3) is 0.0667. The van der Waals surface area contributed by atoms with Crippen molar-refractivity contribution in [3.8, 4) is 10.6 Å². The van der Waals surface area contributed by atoms with Gasteiger partial charge in [-0.25, -0.2) is 4.98 Å². The second-order valence-corrected chi connectivity index (χ2v) is 5.41. The first kappa shape index (κ1) is 11.9. The van der Waals surface area contributed by atoms with Gasteiger partial charge in [-0.3, -0.25) is 4.79 Å². The lowest BCUT2D eigenvalue weighted by Gasteiger charge is -1.95. The van der Waals surface area contributed by atoms with Gasteiger partial charge in [0.15, 0.2) is 5.78 Å². The maximum absolute atomic E-state index is 11.4. The number of nitrogen functional groups attached to an aromatic ring is 1. The highest BCUT2D eigenvalue weighted by Crippen LogP contribution is 2.31. The zero-order chi connectivity index (χ0) is 13.4. The van der Waals surface area contributed by atoms with Crippen LogP contribution in [0.1, 0.15) is 17.3 Å². The van der Waals surface area contributed by atoms with Gasteiger partial charge in [0.1, 0.15) is 5.01 Å². The molecule has 0 aliphatic carbocycles. The highest BCUT2D eigenvalue weighted by Gasteiger charge is 2.08. The van der Waals surface area contributed by atoms with Gasteiger partial charge in [-0.15, -0.1) is 11.3 Å². The fourth-order valence-corrected chi connectivity index (χ4v) is 2.90. The first-order valence-electron chi connectivity index (χ1n) is 5.91. The Morgan fingerprint density at radius 1 is 1.16 bits per heavy atom. The van der Waals surface area contributed by atoms with Crippen LogP contribution in [0.25, 0.3) is 20.8 Å². The molecule has 3 rings (SSSR count). The number of carbonyl (C=O) groups is 1. The molecule has 1 aromatic heterocycles. The maximum Gasteiger partial charge on any atom is 0.159 e. The van der Waals surface area contributed by atoms with Crippen LogP contribution in [0.3, 0.4) is 0 Å². The lowest BCUT2D eigenvalue weighted by Crippen LogP contribution is -1.89. The van der Waals surface area contributed by atoms with Crippen molar-refractivity contribution in [3.63, 3.8) is 0 Å². The number of nitrogens with zero attached hydrogens (tertiary/aromatic N) is 1. The van der Waals surface area contributed by atoms with Crippen LogP contribution < -0.4 is 5.73 Å². The minimum Gasteiger partial charge on any atom is -0.399 e. The van der Waals surface area contributed by atoms with Crippen molar-refractivity contribution < 1.29 is 4.79 Å². The Hall–Kier alpha value is -2.20. The number of thiazole rings is 1. The van der Waals surface area contributed by atoms with E-state index in [1.54, 1.807) is 18.3 Å². The topological polar surface area (TPSA) is 56.0 Å². The molecular formula is C15H12N2OS. The van der Waals surface area contributed by atoms with Crippen LogP contribution in [-0.2, 0) is 0 Å². The molecule has 0 bridgehead atoms. The van der Waals surface area contributed by atoms with Crippen LogP contribution >= 0.6 is 11.3 Å². The second kappa shape index (κ2) is 4.48. The summed E-state index contributed by atoms with van der Waals surface area (Å²) >= 11 is 1.58. The van der Waals surface area contributed by atoms with E-state index in [1.165, 1.54) is 0 Å². The van der Waals surface area contributed by atoms with Crippen molar-refractivity contribution >= 4 is 33.0 Å². The molecule has 0 saturated carbocycles. The van der Waals surface area contributed by atoms with Crippen molar-refractivity contribution in [2.24, 2.45) is 0 Å². The summed E-state index contributed by atoms with van der Waals surface area (Å²) in [5.41, 5.74) is 9.10. The molecule has 0 aliphatic heterocycles. The summed E-state index contributed by atoms with van der Waals surface area (Å²) in [5.74, 6) is 0.0735. The Balaban J connectivity index is 2.11. The van der Waals surface area contributed by atoms with E-state index in [9.17, 15) is 4.79 Å². The number of hydrogen-bond donors (Lipinski definition) is 1. The monoisotopic (exact) mass is 268 g/mol. The average Bonchev–Trinajstić information content (AvgIpc) is 2.82. The Kier molecular flexibility index (Phi) is 2.80. The first-order valence-corrected chi connectivity index (χ1v) is 6.72. The second-order valence-electron chi connectivity index (χ2n) is 4.38. The predicted molar refractivity (Wildman–Crippen MR) is 79.5 cm³/mol. The van der Waals surface area contributed by atoms with Gasteiger partial charge >= 0.3 is 0 Å². The van der Waals surface area contributed by atoms with E-state index in [2.05, 4.69) is 4.98 Å². The third-order valence-corrected chi connectivity index (χ3v) is 4.02. The number of rotatable bonds is 2. The van der Waals surface area contributed by atoms with E-state index < -0.39 is 0 Å². The molecule has 1 heterocycles. The lowest BCUT2D eigenvalue weighted by molar-refractivity contribution is 0.101. The maximum atomic E-state index is 11.4. The average molecular weight is 268 g/mol. The SMILES string of the molecule is CC(=O)c1ccc2nc(-c3ccc(N)cc3)sc2c1. The van der Waals surface area contributed by atoms with Gasteiger partial charge in [-0.1, -0.05) is 0 Å². The molecule has 0 aliphatic rings. The quantitative estimate of drug-likeness (QED) is 0.569. The van der Waals surface area contributed by atoms with E-state index in [0.717, 1.165) is 32.0 Å². The van der Waals surface area contributed by atoms with E-state index >= 15 is 0 Å². The number of aromatic nitrogens is 1. The van der Waals surface area contributed by atoms with Crippen LogP contribution in [0.4, 0.5) is 5.69 Å². The molecule has 4 heteroatoms. The molecule has 19 heavy (non-hydrogen) atoms. The first-order chi connectivity index (χ1) is 9.13. The molecule has 0 amide bonds. The van der Waals surface area contributed by atoms with Gasteiger partial charge in [-0.05, 0) is 49.4 Å². The number of hydrogen-bond acceptors (Lipinski definition) is 4. The molecule has 0 saturated heterocycles. The zero-order valence-electron chi connectivity index (χ0n) is 10.4. The Bertz CT molecular complexity index is 759. The number of carbonyl (C=O) groups excluding carboxylic acids is 1. The zero-order valence-corrected chi connectivity index (χ0v) is 11.2. The van der Waals surface area contributed by atoms with Crippen LogP contribution in [0.15, 0.2) is 42.5 Å². The minimum absolute atomic E-state index is 0.0735. The summed E-state index contributed by atoms with van der Waals surface area (Å²) in [6.07, 6.45) is 0. The lowest BCUT2D eigenvalue weighted by atomic mass is 10.1. The number of anilines is 1. The number of nitrogens with two attached hydrogens (primary N) is 1. The number of ketones is 1. The van der Waals surface area contributed by atoms with Crippen molar-refractivity contribution in [2.75, 3.05) is 5.73 Å². The standard InChI is InChI=1S/C15H12N2OS/c1-9(18)11-4-7-13-14(8-11)19-15(17-13)10-2-5-12(16)6-3-10/h2-8H,16H2,1H3. The highest BCUT2D eigenvalue weighted by molar-refractivity contribution is 7.21. The molecule has 2 aromatic carbocycles. The van der Waals surface area contributed by atoms with E-state index in [0.29, 0.717) is 0 Å². The normalized spacial score (nSPS) is 10.8. The molecule has 0 spiro atoms. The number of fused-ring (bicyclic) bond motifs is 1. The Morgan fingerprint density at radius 2 is 1.89 bits per heavy atom. The van der Waals surface area contributed by atoms with E-state index in [-0.39, 0.29) is 5.78 Å². The van der Waals surface area contributed by atoms with Crippen molar-refractivity contribution in [1.29, 1.82) is 0 Å². The van der Waals surface area contributed by atoms with Crippen molar-refractivity contribution in [3.05, 3.63) is 48.0 Å². The third-order valence-electron chi connectivity index (χ3n) is 2.95. The van der Waals surface area contributed by atoms with Gasteiger partial charge < -0.3 is 5.73 Å². The summed E-state index contributed by atoms with van der Waals surface area (Å²) in [5, 5.41) is 0.940. The van der Waals surface area contributed by atoms with Crippen molar-refractivity contribution in [2.45, 2.75) is 6.92 Å². The predicted octanol–water partition coefficient (Wildman–Crippen LogP) is 3.75. The molecule has 0 unspecified atom stereocenters. The molecule has 0 atom stereocenters. The van der Waals surface area contributed by atoms with E-state index in [4.69, 9.17) is 5.73 Å². The van der Waals surface area contributed by atoms with Crippen LogP contribution in [0.5, 0.6) is 0 Å². The van der Waals surface area contributed by atoms with E-state index in [1.807, 2.05) is 42.5 Å². The van der Waals surface area contributed by atoms with Gasteiger partial charge in [-0.2, -0.15) is 0 Å². The van der Waals surface area contributed by atoms with Crippen molar-refractivity contribution in [1.82, 2.24) is 4.98 Å². The largest absolute Gasteiger partial charge is 0.399 e. The summed E-state index contributed by atoms with van der Waals surface area (Å²) in [6, 6.07) is 13.2. The van der Waals surface area contributed by atoms with Crippen LogP contribution in [0, 0.1) is 0 Å². The molecule has 94 valence electrons. The molecule has 0 radical (unpaired) electrons. The molecular weight excluding hydrogens is 256 g/mol. The summed E-state index contributed by atoms with van der Waals surface area (Å²) < 4.78 is 1.03. The van der Waals surface area contributed by atoms with Crippen LogP contribution in [0.2, 0.25) is 0 Å². The van der Waals surface area contributed by atoms with Gasteiger partial charge in [0.25, 0.3) is 0 Å². The highest BCUT2D eigenvalue weighted by atomic mass is 32.1. The fourth-order valence-electron chi connectivity index (χ4n) is 1.89. The summed E-state index contributed by atoms with van der Waals surface area (Å²) in [4.78, 5) is 16.0. The third kappa shape index (κ3) is 2.22. The number of benzene rings is 2. The minimum atomic E-state index is 0.0735. The molecule has 0 fully saturated rings. The van der Waals surface area contributed by atoms with Gasteiger partial charge in [0.2, 0.25) is 0 Å². The van der Waals surface area contributed by atoms with Gasteiger partial charge in [0, 0.05) is 16.8 Å². The smallest absolute Gasteiger partial charge is 0.159 e. The summed E-state index contributed by atoms with van der Waals surface area (Å²) in [6.45, 7) is 1.57. The van der Waals surface area contributed by atoms with Gasteiger partial charge in [0.05, 0.1) is 10.2 Å². The van der Waals surface area contributed by atoms with Crippen LogP contribution in [-0.4, -0.2) is 10.8 Å². The summed E-state index contributed by atoms with van der Waals surface area (Å²) in [7, 11) is 0. The molecule has 3 aromatic rings. The number of Topliss-reactive ketones (excluding diaryl/α,β-unsaturated/α-hetero) is 1. The molecule has 3 nitrogen and oxygen atoms in total.